The number of ether oxygens (including phenoxy) is 2. The van der Waals surface area contributed by atoms with Gasteiger partial charge < -0.3 is 14.8 Å². The molecule has 0 radical (unpaired) electrons. The zero-order chi connectivity index (χ0) is 16.8. The third-order valence-electron chi connectivity index (χ3n) is 2.25. The lowest BCUT2D eigenvalue weighted by atomic mass is 10.3. The van der Waals surface area contributed by atoms with E-state index in [2.05, 4.69) is 4.74 Å². The summed E-state index contributed by atoms with van der Waals surface area (Å²) < 4.78 is 82.3. The summed E-state index contributed by atoms with van der Waals surface area (Å²) in [5.74, 6) is 0.412. The summed E-state index contributed by atoms with van der Waals surface area (Å²) in [5.41, 5.74) is 0. The molecule has 0 bridgehead atoms. The van der Waals surface area contributed by atoms with Gasteiger partial charge in [-0.05, 0) is 12.1 Å². The first-order chi connectivity index (χ1) is 10.1. The zero-order valence-corrected chi connectivity index (χ0v) is 10.9. The smallest absolute Gasteiger partial charge is 0.417 e. The van der Waals surface area contributed by atoms with E-state index in [0.29, 0.717) is 5.75 Å². The Balaban J connectivity index is 2.39. The number of alkyl halides is 6. The van der Waals surface area contributed by atoms with Crippen LogP contribution in [-0.2, 0) is 4.74 Å². The topological polar surface area (TPSA) is 47.6 Å². The van der Waals surface area contributed by atoms with Gasteiger partial charge in [-0.25, -0.2) is 4.79 Å². The van der Waals surface area contributed by atoms with Crippen molar-refractivity contribution in [1.29, 1.82) is 0 Å². The fourth-order valence-corrected chi connectivity index (χ4v) is 1.32. The number of para-hydroxylation sites is 1. The highest BCUT2D eigenvalue weighted by atomic mass is 19.4. The van der Waals surface area contributed by atoms with Crippen LogP contribution in [0, 0.1) is 0 Å². The van der Waals surface area contributed by atoms with E-state index in [1.165, 1.54) is 0 Å². The Morgan fingerprint density at radius 3 is 2.05 bits per heavy atom. The molecule has 0 aliphatic rings. The molecule has 124 valence electrons. The van der Waals surface area contributed by atoms with Gasteiger partial charge in [-0.2, -0.15) is 26.3 Å². The van der Waals surface area contributed by atoms with E-state index in [0.717, 1.165) is 5.32 Å². The van der Waals surface area contributed by atoms with Gasteiger partial charge in [0.2, 0.25) is 6.04 Å². The summed E-state index contributed by atoms with van der Waals surface area (Å²) >= 11 is 0. The van der Waals surface area contributed by atoms with E-state index >= 15 is 0 Å². The first-order valence-electron chi connectivity index (χ1n) is 5.85. The van der Waals surface area contributed by atoms with E-state index < -0.39 is 31.1 Å². The van der Waals surface area contributed by atoms with Crippen LogP contribution in [0.3, 0.4) is 0 Å². The van der Waals surface area contributed by atoms with Crippen LogP contribution in [0.15, 0.2) is 30.3 Å². The second-order valence-electron chi connectivity index (χ2n) is 3.96. The molecule has 0 aliphatic carbocycles. The molecule has 22 heavy (non-hydrogen) atoms. The predicted octanol–water partition coefficient (Wildman–Crippen LogP) is 3.28. The molecule has 0 heterocycles. The van der Waals surface area contributed by atoms with Crippen LogP contribution >= 0.6 is 0 Å². The van der Waals surface area contributed by atoms with Crippen molar-refractivity contribution in [3.63, 3.8) is 0 Å². The first-order valence-corrected chi connectivity index (χ1v) is 5.85. The van der Waals surface area contributed by atoms with Crippen LogP contribution in [0.4, 0.5) is 31.1 Å². The van der Waals surface area contributed by atoms with Crippen molar-refractivity contribution in [2.45, 2.75) is 18.4 Å². The SMILES string of the molecule is O=C(NC(C(F)(F)F)C(F)(F)F)OCCOc1ccccc1. The monoisotopic (exact) mass is 331 g/mol. The minimum absolute atomic E-state index is 0.222. The number of benzene rings is 1. The summed E-state index contributed by atoms with van der Waals surface area (Å²) in [4.78, 5) is 11.0. The van der Waals surface area contributed by atoms with Crippen molar-refractivity contribution >= 4 is 6.09 Å². The van der Waals surface area contributed by atoms with Crippen LogP contribution in [0.1, 0.15) is 0 Å². The lowest BCUT2D eigenvalue weighted by molar-refractivity contribution is -0.256. The Bertz CT molecular complexity index is 460. The molecule has 0 saturated carbocycles. The molecule has 0 aliphatic heterocycles. The summed E-state index contributed by atoms with van der Waals surface area (Å²) in [7, 11) is 0. The number of nitrogens with one attached hydrogen (secondary N) is 1. The van der Waals surface area contributed by atoms with E-state index in [1.54, 1.807) is 30.3 Å². The summed E-state index contributed by atoms with van der Waals surface area (Å²) in [6.45, 7) is -0.733. The molecule has 1 rings (SSSR count). The highest BCUT2D eigenvalue weighted by molar-refractivity contribution is 5.67. The molecule has 0 fully saturated rings. The maximum absolute atomic E-state index is 12.2. The minimum Gasteiger partial charge on any atom is -0.490 e. The molecule has 4 nitrogen and oxygen atoms in total. The number of halogens is 6. The van der Waals surface area contributed by atoms with Crippen molar-refractivity contribution in [1.82, 2.24) is 5.32 Å². The average molecular weight is 331 g/mol. The number of carbonyl (C=O) groups excluding carboxylic acids is 1. The van der Waals surface area contributed by atoms with E-state index in [4.69, 9.17) is 4.74 Å². The van der Waals surface area contributed by atoms with Gasteiger partial charge in [-0.3, -0.25) is 0 Å². The number of hydrogen-bond donors (Lipinski definition) is 1. The zero-order valence-electron chi connectivity index (χ0n) is 10.9. The second-order valence-corrected chi connectivity index (χ2v) is 3.96. The van der Waals surface area contributed by atoms with Crippen molar-refractivity contribution in [3.8, 4) is 5.75 Å². The molecule has 0 atom stereocenters. The van der Waals surface area contributed by atoms with Crippen LogP contribution in [0.2, 0.25) is 0 Å². The molecular formula is C12H11F6NO3. The van der Waals surface area contributed by atoms with Gasteiger partial charge in [-0.1, -0.05) is 18.2 Å². The largest absolute Gasteiger partial charge is 0.490 e. The lowest BCUT2D eigenvalue weighted by Crippen LogP contribution is -2.54. The summed E-state index contributed by atoms with van der Waals surface area (Å²) in [6, 6.07) is 4.18. The van der Waals surface area contributed by atoms with Crippen LogP contribution in [0.25, 0.3) is 0 Å². The molecule has 1 amide bonds. The van der Waals surface area contributed by atoms with Gasteiger partial charge >= 0.3 is 18.4 Å². The summed E-state index contributed by atoms with van der Waals surface area (Å²) in [6.07, 6.45) is -13.2. The van der Waals surface area contributed by atoms with E-state index in [1.807, 2.05) is 0 Å². The number of hydrogen-bond acceptors (Lipinski definition) is 3. The molecule has 1 aromatic carbocycles. The molecule has 10 heteroatoms. The van der Waals surface area contributed by atoms with Crippen molar-refractivity contribution in [3.05, 3.63) is 30.3 Å². The second kappa shape index (κ2) is 7.23. The molecule has 0 saturated heterocycles. The first kappa shape index (κ1) is 17.9. The Hall–Kier alpha value is -2.13. The normalized spacial score (nSPS) is 12.1. The highest BCUT2D eigenvalue weighted by Gasteiger charge is 2.57. The molecule has 0 aromatic heterocycles. The third-order valence-corrected chi connectivity index (χ3v) is 2.25. The highest BCUT2D eigenvalue weighted by Crippen LogP contribution is 2.33. The van der Waals surface area contributed by atoms with Crippen LogP contribution < -0.4 is 10.1 Å². The predicted molar refractivity (Wildman–Crippen MR) is 62.3 cm³/mol. The Morgan fingerprint density at radius 2 is 1.55 bits per heavy atom. The number of amides is 1. The Morgan fingerprint density at radius 1 is 1.00 bits per heavy atom. The van der Waals surface area contributed by atoms with Crippen LogP contribution in [0.5, 0.6) is 5.75 Å². The molecular weight excluding hydrogens is 320 g/mol. The van der Waals surface area contributed by atoms with Gasteiger partial charge in [0.05, 0.1) is 0 Å². The third kappa shape index (κ3) is 6.10. The number of rotatable bonds is 5. The van der Waals surface area contributed by atoms with Gasteiger partial charge in [0.15, 0.2) is 0 Å². The van der Waals surface area contributed by atoms with Gasteiger partial charge in [0, 0.05) is 0 Å². The Labute approximate surface area is 121 Å². The standard InChI is InChI=1S/C12H11F6NO3/c13-11(14,15)9(12(16,17)18)19-10(20)22-7-6-21-8-4-2-1-3-5-8/h1-5,9H,6-7H2,(H,19,20). The number of alkyl carbamates (subject to hydrolysis) is 1. The maximum atomic E-state index is 12.2. The van der Waals surface area contributed by atoms with Gasteiger partial charge in [0.25, 0.3) is 0 Å². The number of carbonyl (C=O) groups is 1. The summed E-state index contributed by atoms with van der Waals surface area (Å²) in [5, 5.41) is 0.729. The van der Waals surface area contributed by atoms with E-state index in [9.17, 15) is 31.1 Å². The average Bonchev–Trinajstić information content (AvgIpc) is 2.40. The quantitative estimate of drug-likeness (QED) is 0.665. The maximum Gasteiger partial charge on any atom is 0.417 e. The fourth-order valence-electron chi connectivity index (χ4n) is 1.32. The fraction of sp³-hybridized carbons (Fsp3) is 0.417. The van der Waals surface area contributed by atoms with Crippen molar-refractivity contribution in [2.75, 3.05) is 13.2 Å². The molecule has 0 unspecified atom stereocenters. The van der Waals surface area contributed by atoms with Crippen LogP contribution in [-0.4, -0.2) is 37.7 Å². The minimum atomic E-state index is -5.67. The van der Waals surface area contributed by atoms with Gasteiger partial charge in [-0.15, -0.1) is 0 Å². The van der Waals surface area contributed by atoms with Crippen molar-refractivity contribution < 1.29 is 40.6 Å². The van der Waals surface area contributed by atoms with Crippen molar-refractivity contribution in [2.24, 2.45) is 0 Å². The molecule has 1 N–H and O–H groups in total. The molecule has 1 aromatic rings. The lowest BCUT2D eigenvalue weighted by Gasteiger charge is -2.23. The Kier molecular flexibility index (Phi) is 5.89. The van der Waals surface area contributed by atoms with Gasteiger partial charge in [0.1, 0.15) is 19.0 Å². The van der Waals surface area contributed by atoms with E-state index in [-0.39, 0.29) is 6.61 Å². The molecule has 0 spiro atoms.